The number of halogens is 1. The van der Waals surface area contributed by atoms with Crippen molar-refractivity contribution in [2.75, 3.05) is 27.2 Å². The molecule has 6 heteroatoms. The topological polar surface area (TPSA) is 56.7 Å². The molecule has 0 atom stereocenters. The molecule has 0 aromatic heterocycles. The van der Waals surface area contributed by atoms with E-state index in [-0.39, 0.29) is 29.9 Å². The summed E-state index contributed by atoms with van der Waals surface area (Å²) in [5.41, 5.74) is 3.15. The minimum Gasteiger partial charge on any atom is -0.354 e. The van der Waals surface area contributed by atoms with Gasteiger partial charge >= 0.3 is 0 Å². The first kappa shape index (κ1) is 22.0. The van der Waals surface area contributed by atoms with E-state index in [4.69, 9.17) is 0 Å². The lowest BCUT2D eigenvalue weighted by Gasteiger charge is -2.22. The second-order valence-electron chi connectivity index (χ2n) is 5.94. The quantitative estimate of drug-likeness (QED) is 0.298. The second kappa shape index (κ2) is 11.5. The van der Waals surface area contributed by atoms with Crippen molar-refractivity contribution in [3.8, 4) is 0 Å². The minimum absolute atomic E-state index is 0. The number of carbonyl (C=O) groups excluding carboxylic acids is 1. The van der Waals surface area contributed by atoms with Crippen LogP contribution in [0, 0.1) is 6.92 Å². The predicted octanol–water partition coefficient (Wildman–Crippen LogP) is 3.05. The number of rotatable bonds is 6. The Morgan fingerprint density at radius 2 is 1.62 bits per heavy atom. The molecule has 140 valence electrons. The number of nitrogens with zero attached hydrogens (tertiary/aromatic N) is 2. The van der Waals surface area contributed by atoms with E-state index in [9.17, 15) is 4.79 Å². The lowest BCUT2D eigenvalue weighted by Crippen LogP contribution is -2.42. The smallest absolute Gasteiger partial charge is 0.251 e. The maximum atomic E-state index is 12.0. The molecule has 26 heavy (non-hydrogen) atoms. The first-order valence-electron chi connectivity index (χ1n) is 8.40. The molecular weight excluding hydrogens is 439 g/mol. The first-order chi connectivity index (χ1) is 12.1. The van der Waals surface area contributed by atoms with E-state index in [1.54, 1.807) is 19.2 Å². The molecule has 2 N–H and O–H groups in total. The second-order valence-corrected chi connectivity index (χ2v) is 5.94. The Bertz CT molecular complexity index is 702. The van der Waals surface area contributed by atoms with Crippen LogP contribution in [0.3, 0.4) is 0 Å². The number of aliphatic imine (C=N–C) groups is 1. The maximum Gasteiger partial charge on any atom is 0.251 e. The highest BCUT2D eigenvalue weighted by Crippen LogP contribution is 2.06. The number of guanidine groups is 1. The van der Waals surface area contributed by atoms with Crippen molar-refractivity contribution in [3.63, 3.8) is 0 Å². The normalized spacial score (nSPS) is 10.7. The molecule has 0 radical (unpaired) electrons. The molecule has 0 heterocycles. The average molecular weight is 466 g/mol. The van der Waals surface area contributed by atoms with Crippen LogP contribution in [0.15, 0.2) is 59.6 Å². The number of amides is 1. The van der Waals surface area contributed by atoms with Crippen molar-refractivity contribution in [1.82, 2.24) is 15.5 Å². The molecule has 2 aromatic rings. The number of aryl methyl sites for hydroxylation is 1. The molecule has 0 unspecified atom stereocenters. The van der Waals surface area contributed by atoms with Crippen LogP contribution in [-0.4, -0.2) is 44.0 Å². The lowest BCUT2D eigenvalue weighted by molar-refractivity contribution is 0.0954. The molecule has 0 spiro atoms. The van der Waals surface area contributed by atoms with Crippen molar-refractivity contribution in [1.29, 1.82) is 0 Å². The molecule has 5 nitrogen and oxygen atoms in total. The lowest BCUT2D eigenvalue weighted by atomic mass is 10.1. The molecule has 0 aliphatic carbocycles. The van der Waals surface area contributed by atoms with E-state index < -0.39 is 0 Å². The highest BCUT2D eigenvalue weighted by atomic mass is 127. The molecule has 0 saturated heterocycles. The average Bonchev–Trinajstić information content (AvgIpc) is 2.64. The summed E-state index contributed by atoms with van der Waals surface area (Å²) < 4.78 is 0. The van der Waals surface area contributed by atoms with Gasteiger partial charge in [-0.05, 0) is 24.6 Å². The molecule has 0 saturated carbocycles. The predicted molar refractivity (Wildman–Crippen MR) is 118 cm³/mol. The van der Waals surface area contributed by atoms with E-state index in [1.165, 1.54) is 11.1 Å². The monoisotopic (exact) mass is 466 g/mol. The summed E-state index contributed by atoms with van der Waals surface area (Å²) in [5.74, 6) is 0.736. The van der Waals surface area contributed by atoms with E-state index in [1.807, 2.05) is 25.2 Å². The van der Waals surface area contributed by atoms with Crippen molar-refractivity contribution in [2.45, 2.75) is 13.5 Å². The zero-order valence-electron chi connectivity index (χ0n) is 15.5. The van der Waals surface area contributed by atoms with Gasteiger partial charge in [-0.15, -0.1) is 24.0 Å². The number of benzene rings is 2. The Morgan fingerprint density at radius 3 is 2.23 bits per heavy atom. The van der Waals surface area contributed by atoms with Crippen LogP contribution in [0.1, 0.15) is 21.5 Å². The van der Waals surface area contributed by atoms with E-state index in [0.717, 1.165) is 12.5 Å². The Balaban J connectivity index is 0.00000338. The highest BCUT2D eigenvalue weighted by molar-refractivity contribution is 14.0. The fraction of sp³-hybridized carbons (Fsp3) is 0.300. The maximum absolute atomic E-state index is 12.0. The number of carbonyl (C=O) groups is 1. The summed E-state index contributed by atoms with van der Waals surface area (Å²) in [6.07, 6.45) is 0. The van der Waals surface area contributed by atoms with Gasteiger partial charge in [-0.2, -0.15) is 0 Å². The highest BCUT2D eigenvalue weighted by Gasteiger charge is 2.07. The minimum atomic E-state index is -0.0644. The number of hydrogen-bond donors (Lipinski definition) is 2. The first-order valence-corrected chi connectivity index (χ1v) is 8.40. The van der Waals surface area contributed by atoms with Crippen LogP contribution in [0.4, 0.5) is 0 Å². The Labute approximate surface area is 172 Å². The molecule has 2 aromatic carbocycles. The fourth-order valence-electron chi connectivity index (χ4n) is 2.47. The van der Waals surface area contributed by atoms with Crippen LogP contribution >= 0.6 is 24.0 Å². The van der Waals surface area contributed by atoms with Crippen LogP contribution in [0.5, 0.6) is 0 Å². The molecule has 0 aliphatic rings. The molecule has 0 aliphatic heterocycles. The van der Waals surface area contributed by atoms with Gasteiger partial charge in [-0.1, -0.05) is 48.0 Å². The van der Waals surface area contributed by atoms with Gasteiger partial charge in [0.2, 0.25) is 0 Å². The van der Waals surface area contributed by atoms with Gasteiger partial charge in [0, 0.05) is 39.3 Å². The van der Waals surface area contributed by atoms with Crippen molar-refractivity contribution in [2.24, 2.45) is 4.99 Å². The molecule has 2 rings (SSSR count). The summed E-state index contributed by atoms with van der Waals surface area (Å²) in [7, 11) is 3.76. The third kappa shape index (κ3) is 7.03. The van der Waals surface area contributed by atoms with Gasteiger partial charge in [-0.3, -0.25) is 9.79 Å². The fourth-order valence-corrected chi connectivity index (χ4v) is 2.47. The Morgan fingerprint density at radius 1 is 1.00 bits per heavy atom. The molecule has 0 bridgehead atoms. The van der Waals surface area contributed by atoms with E-state index in [0.29, 0.717) is 18.7 Å². The third-order valence-electron chi connectivity index (χ3n) is 3.84. The van der Waals surface area contributed by atoms with Crippen LogP contribution in [-0.2, 0) is 6.54 Å². The summed E-state index contributed by atoms with van der Waals surface area (Å²) >= 11 is 0. The Kier molecular flexibility index (Phi) is 9.72. The molecule has 0 fully saturated rings. The van der Waals surface area contributed by atoms with E-state index in [2.05, 4.69) is 51.7 Å². The van der Waals surface area contributed by atoms with Gasteiger partial charge in [0.15, 0.2) is 5.96 Å². The summed E-state index contributed by atoms with van der Waals surface area (Å²) in [6, 6.07) is 17.7. The van der Waals surface area contributed by atoms with Gasteiger partial charge in [0.1, 0.15) is 0 Å². The van der Waals surface area contributed by atoms with Gasteiger partial charge in [0.05, 0.1) is 0 Å². The van der Waals surface area contributed by atoms with Gasteiger partial charge < -0.3 is 15.5 Å². The SMILES string of the molecule is CN=C(NCCNC(=O)c1ccccc1)N(C)Cc1ccc(C)cc1.I. The molecule has 1 amide bonds. The number of hydrogen-bond acceptors (Lipinski definition) is 2. The zero-order chi connectivity index (χ0) is 18.1. The Hall–Kier alpha value is -2.09. The van der Waals surface area contributed by atoms with Crippen molar-refractivity contribution in [3.05, 3.63) is 71.3 Å². The van der Waals surface area contributed by atoms with E-state index >= 15 is 0 Å². The number of nitrogens with one attached hydrogen (secondary N) is 2. The summed E-state index contributed by atoms with van der Waals surface area (Å²) in [5, 5.41) is 6.17. The summed E-state index contributed by atoms with van der Waals surface area (Å²) in [6.45, 7) is 4.00. The largest absolute Gasteiger partial charge is 0.354 e. The summed E-state index contributed by atoms with van der Waals surface area (Å²) in [4.78, 5) is 18.3. The molecular formula is C20H27IN4O. The van der Waals surface area contributed by atoms with Crippen LogP contribution in [0.2, 0.25) is 0 Å². The zero-order valence-corrected chi connectivity index (χ0v) is 17.9. The standard InChI is InChI=1S/C20H26N4O.HI/c1-16-9-11-17(12-10-16)15-24(3)20(21-2)23-14-13-22-19(25)18-7-5-4-6-8-18;/h4-12H,13-15H2,1-3H3,(H,21,23)(H,22,25);1H. The van der Waals surface area contributed by atoms with Crippen LogP contribution < -0.4 is 10.6 Å². The van der Waals surface area contributed by atoms with Crippen molar-refractivity contribution < 1.29 is 4.79 Å². The van der Waals surface area contributed by atoms with Crippen molar-refractivity contribution >= 4 is 35.8 Å². The van der Waals surface area contributed by atoms with Gasteiger partial charge in [0.25, 0.3) is 5.91 Å². The van der Waals surface area contributed by atoms with Gasteiger partial charge in [-0.25, -0.2) is 0 Å². The van der Waals surface area contributed by atoms with Crippen LogP contribution in [0.25, 0.3) is 0 Å². The third-order valence-corrected chi connectivity index (χ3v) is 3.84.